The molecular formula is C24H24ClN3O2S. The Labute approximate surface area is 190 Å². The first-order valence-corrected chi connectivity index (χ1v) is 11.3. The van der Waals surface area contributed by atoms with Crippen LogP contribution in [-0.2, 0) is 19.5 Å². The molecular weight excluding hydrogens is 430 g/mol. The third-order valence-electron chi connectivity index (χ3n) is 5.29. The van der Waals surface area contributed by atoms with Gasteiger partial charge >= 0.3 is 0 Å². The molecule has 1 atom stereocenters. The van der Waals surface area contributed by atoms with Gasteiger partial charge in [-0.3, -0.25) is 14.1 Å². The molecule has 0 unspecified atom stereocenters. The molecule has 5 nitrogen and oxygen atoms in total. The smallest absolute Gasteiger partial charge is 0.258 e. The molecule has 3 aromatic heterocycles. The van der Waals surface area contributed by atoms with Gasteiger partial charge in [0, 0.05) is 36.3 Å². The van der Waals surface area contributed by atoms with Crippen LogP contribution in [-0.4, -0.2) is 27.4 Å². The molecule has 0 bridgehead atoms. The lowest BCUT2D eigenvalue weighted by molar-refractivity contribution is 0.188. The van der Waals surface area contributed by atoms with Gasteiger partial charge in [-0.15, -0.1) is 11.3 Å². The first-order chi connectivity index (χ1) is 15.0. The summed E-state index contributed by atoms with van der Waals surface area (Å²) in [7, 11) is 1.67. The molecule has 0 saturated heterocycles. The number of hydrogen-bond acceptors (Lipinski definition) is 5. The number of fused-ring (bicyclic) bond motifs is 1. The van der Waals surface area contributed by atoms with Crippen LogP contribution < -0.4 is 10.3 Å². The Kier molecular flexibility index (Phi) is 6.70. The fourth-order valence-electron chi connectivity index (χ4n) is 3.60. The zero-order chi connectivity index (χ0) is 21.8. The van der Waals surface area contributed by atoms with E-state index in [1.54, 1.807) is 42.8 Å². The molecule has 0 saturated carbocycles. The number of benzene rings is 1. The van der Waals surface area contributed by atoms with Gasteiger partial charge in [0.25, 0.3) is 5.56 Å². The molecule has 3 heterocycles. The third kappa shape index (κ3) is 5.34. The number of rotatable bonds is 8. The second-order valence-corrected chi connectivity index (χ2v) is 9.02. The quantitative estimate of drug-likeness (QED) is 0.374. The maximum absolute atomic E-state index is 12.6. The van der Waals surface area contributed by atoms with Crippen molar-refractivity contribution in [2.45, 2.75) is 32.5 Å². The van der Waals surface area contributed by atoms with Gasteiger partial charge in [0.15, 0.2) is 0 Å². The van der Waals surface area contributed by atoms with E-state index >= 15 is 0 Å². The molecule has 160 valence electrons. The number of methoxy groups -OCH3 is 1. The highest BCUT2D eigenvalue weighted by Gasteiger charge is 2.18. The summed E-state index contributed by atoms with van der Waals surface area (Å²) in [5.41, 5.74) is 2.40. The van der Waals surface area contributed by atoms with Crippen molar-refractivity contribution in [2.24, 2.45) is 0 Å². The topological polar surface area (TPSA) is 46.8 Å². The van der Waals surface area contributed by atoms with Crippen molar-refractivity contribution in [1.82, 2.24) is 14.3 Å². The monoisotopic (exact) mass is 453 g/mol. The molecule has 0 amide bonds. The van der Waals surface area contributed by atoms with Crippen LogP contribution in [0.3, 0.4) is 0 Å². The molecule has 0 aliphatic heterocycles. The van der Waals surface area contributed by atoms with Gasteiger partial charge in [0.2, 0.25) is 0 Å². The molecule has 0 fully saturated rings. The molecule has 4 rings (SSSR count). The molecule has 0 spiro atoms. The van der Waals surface area contributed by atoms with Crippen LogP contribution in [0, 0.1) is 0 Å². The predicted octanol–water partition coefficient (Wildman–Crippen LogP) is 5.05. The van der Waals surface area contributed by atoms with Crippen LogP contribution in [0.25, 0.3) is 5.65 Å². The lowest BCUT2D eigenvalue weighted by Crippen LogP contribution is -2.34. The highest BCUT2D eigenvalue weighted by atomic mass is 35.5. The summed E-state index contributed by atoms with van der Waals surface area (Å²) in [4.78, 5) is 21.0. The second kappa shape index (κ2) is 9.64. The maximum Gasteiger partial charge on any atom is 0.258 e. The molecule has 7 heteroatoms. The fraction of sp³-hybridized carbons (Fsp3) is 0.250. The van der Waals surface area contributed by atoms with Crippen LogP contribution in [0.15, 0.2) is 71.0 Å². The zero-order valence-electron chi connectivity index (χ0n) is 17.5. The number of pyridine rings is 1. The number of halogens is 1. The van der Waals surface area contributed by atoms with Crippen molar-refractivity contribution >= 4 is 28.6 Å². The van der Waals surface area contributed by atoms with Crippen molar-refractivity contribution in [3.05, 3.63) is 97.7 Å². The van der Waals surface area contributed by atoms with E-state index in [-0.39, 0.29) is 11.6 Å². The number of nitrogens with zero attached hydrogens (tertiary/aromatic N) is 3. The summed E-state index contributed by atoms with van der Waals surface area (Å²) >= 11 is 7.80. The van der Waals surface area contributed by atoms with Crippen LogP contribution in [0.5, 0.6) is 5.75 Å². The summed E-state index contributed by atoms with van der Waals surface area (Å²) in [6, 6.07) is 17.7. The first-order valence-electron chi connectivity index (χ1n) is 10.1. The average molecular weight is 454 g/mol. The van der Waals surface area contributed by atoms with Crippen LogP contribution >= 0.6 is 22.9 Å². The summed E-state index contributed by atoms with van der Waals surface area (Å²) < 4.78 is 6.76. The second-order valence-electron chi connectivity index (χ2n) is 7.55. The van der Waals surface area contributed by atoms with Gasteiger partial charge in [-0.2, -0.15) is 0 Å². The molecule has 0 radical (unpaired) electrons. The summed E-state index contributed by atoms with van der Waals surface area (Å²) in [5.74, 6) is 0.838. The lowest BCUT2D eigenvalue weighted by atomic mass is 10.1. The van der Waals surface area contributed by atoms with E-state index in [4.69, 9.17) is 21.3 Å². The lowest BCUT2D eigenvalue weighted by Gasteiger charge is -2.29. The van der Waals surface area contributed by atoms with Gasteiger partial charge in [0.05, 0.1) is 17.8 Å². The van der Waals surface area contributed by atoms with Gasteiger partial charge in [-0.1, -0.05) is 29.8 Å². The van der Waals surface area contributed by atoms with Crippen LogP contribution in [0.1, 0.15) is 23.1 Å². The Balaban J connectivity index is 1.61. The maximum atomic E-state index is 12.6. The molecule has 0 aliphatic rings. The van der Waals surface area contributed by atoms with Gasteiger partial charge in [-0.25, -0.2) is 4.98 Å². The van der Waals surface area contributed by atoms with Crippen molar-refractivity contribution < 1.29 is 4.74 Å². The Hall–Kier alpha value is -2.67. The minimum atomic E-state index is -0.127. The Morgan fingerprint density at radius 1 is 1.16 bits per heavy atom. The number of thiophene rings is 1. The van der Waals surface area contributed by atoms with E-state index in [0.717, 1.165) is 24.4 Å². The molecule has 0 N–H and O–H groups in total. The van der Waals surface area contributed by atoms with Gasteiger partial charge in [0.1, 0.15) is 11.4 Å². The number of aromatic nitrogens is 2. The highest BCUT2D eigenvalue weighted by molar-refractivity contribution is 7.09. The predicted molar refractivity (Wildman–Crippen MR) is 126 cm³/mol. The molecule has 4 aromatic rings. The van der Waals surface area contributed by atoms with Crippen molar-refractivity contribution in [2.75, 3.05) is 7.11 Å². The van der Waals surface area contributed by atoms with E-state index in [1.165, 1.54) is 14.8 Å². The van der Waals surface area contributed by atoms with Gasteiger partial charge < -0.3 is 4.74 Å². The zero-order valence-corrected chi connectivity index (χ0v) is 19.1. The Morgan fingerprint density at radius 3 is 2.68 bits per heavy atom. The first kappa shape index (κ1) is 21.6. The van der Waals surface area contributed by atoms with Crippen molar-refractivity contribution in [3.8, 4) is 5.75 Å². The van der Waals surface area contributed by atoms with E-state index in [0.29, 0.717) is 17.2 Å². The minimum absolute atomic E-state index is 0.127. The van der Waals surface area contributed by atoms with Crippen LogP contribution in [0.2, 0.25) is 5.02 Å². The van der Waals surface area contributed by atoms with Crippen LogP contribution in [0.4, 0.5) is 0 Å². The van der Waals surface area contributed by atoms with Crippen molar-refractivity contribution in [3.63, 3.8) is 0 Å². The SMILES string of the molecule is COc1ccc(CN(Cc2cc(=O)n3cc(Cl)ccc3n2)[C@@H](C)Cc2cccs2)cc1. The highest BCUT2D eigenvalue weighted by Crippen LogP contribution is 2.20. The molecule has 0 aliphatic carbocycles. The summed E-state index contributed by atoms with van der Waals surface area (Å²) in [6.07, 6.45) is 2.54. The number of ether oxygens (including phenoxy) is 1. The minimum Gasteiger partial charge on any atom is -0.497 e. The van der Waals surface area contributed by atoms with E-state index in [1.807, 2.05) is 12.1 Å². The summed E-state index contributed by atoms with van der Waals surface area (Å²) in [5, 5.41) is 2.61. The average Bonchev–Trinajstić information content (AvgIpc) is 3.27. The number of hydrogen-bond donors (Lipinski definition) is 0. The van der Waals surface area contributed by atoms with E-state index in [2.05, 4.69) is 41.5 Å². The van der Waals surface area contributed by atoms with E-state index < -0.39 is 0 Å². The van der Waals surface area contributed by atoms with Gasteiger partial charge in [-0.05, 0) is 54.6 Å². The molecule has 1 aromatic carbocycles. The third-order valence-corrected chi connectivity index (χ3v) is 6.41. The standard InChI is InChI=1S/C24H24ClN3O2S/c1-17(12-22-4-3-11-31-22)27(14-18-5-8-21(30-2)9-6-18)16-20-13-24(29)28-15-19(25)7-10-23(28)26-20/h3-11,13,15,17H,12,14,16H2,1-2H3/t17-/m0/s1. The normalized spacial score (nSPS) is 12.4. The summed E-state index contributed by atoms with van der Waals surface area (Å²) in [6.45, 7) is 3.54. The largest absolute Gasteiger partial charge is 0.497 e. The molecule has 31 heavy (non-hydrogen) atoms. The Bertz CT molecular complexity index is 1210. The van der Waals surface area contributed by atoms with E-state index in [9.17, 15) is 4.79 Å². The fourth-order valence-corrected chi connectivity index (χ4v) is 4.58. The van der Waals surface area contributed by atoms with Crippen molar-refractivity contribution in [1.29, 1.82) is 0 Å². The Morgan fingerprint density at radius 2 is 1.97 bits per heavy atom.